The molecule has 0 saturated carbocycles. The van der Waals surface area contributed by atoms with Crippen LogP contribution in [-0.4, -0.2) is 43.2 Å². The Kier molecular flexibility index (Phi) is 8.68. The molecule has 0 spiro atoms. The zero-order valence-corrected chi connectivity index (χ0v) is 15.0. The maximum atomic E-state index is 12.5. The number of urea groups is 1. The summed E-state index contributed by atoms with van der Waals surface area (Å²) in [6.45, 7) is 9.60. The van der Waals surface area contributed by atoms with Crippen LogP contribution in [0.15, 0.2) is 24.3 Å². The first-order valence-electron chi connectivity index (χ1n) is 8.40. The van der Waals surface area contributed by atoms with Gasteiger partial charge in [-0.15, -0.1) is 0 Å². The third kappa shape index (κ3) is 7.35. The van der Waals surface area contributed by atoms with E-state index < -0.39 is 0 Å². The van der Waals surface area contributed by atoms with E-state index in [0.29, 0.717) is 37.9 Å². The summed E-state index contributed by atoms with van der Waals surface area (Å²) in [5.74, 6) is 0.773. The fourth-order valence-electron chi connectivity index (χ4n) is 2.18. The molecule has 6 nitrogen and oxygen atoms in total. The molecule has 0 bridgehead atoms. The zero-order valence-electron chi connectivity index (χ0n) is 15.0. The summed E-state index contributed by atoms with van der Waals surface area (Å²) in [7, 11) is 0. The van der Waals surface area contributed by atoms with Gasteiger partial charge < -0.3 is 19.7 Å². The molecule has 0 unspecified atom stereocenters. The SMILES string of the molecule is CCOC(=O)CCN(CC(C)C)C(=O)Nc1ccc(OCC)cc1. The van der Waals surface area contributed by atoms with Crippen molar-refractivity contribution in [2.45, 2.75) is 34.1 Å². The van der Waals surface area contributed by atoms with Gasteiger partial charge in [0.1, 0.15) is 5.75 Å². The molecule has 0 aliphatic heterocycles. The van der Waals surface area contributed by atoms with Gasteiger partial charge in [0.05, 0.1) is 19.6 Å². The molecule has 1 N–H and O–H groups in total. The second-order valence-electron chi connectivity index (χ2n) is 5.78. The van der Waals surface area contributed by atoms with Gasteiger partial charge in [0, 0.05) is 18.8 Å². The number of rotatable bonds is 9. The first-order chi connectivity index (χ1) is 11.5. The predicted octanol–water partition coefficient (Wildman–Crippen LogP) is 3.53. The first-order valence-corrected chi connectivity index (χ1v) is 8.40. The van der Waals surface area contributed by atoms with E-state index in [1.807, 2.05) is 32.9 Å². The number of hydrogen-bond donors (Lipinski definition) is 1. The third-order valence-corrected chi connectivity index (χ3v) is 3.18. The van der Waals surface area contributed by atoms with Crippen LogP contribution < -0.4 is 10.1 Å². The van der Waals surface area contributed by atoms with Crippen LogP contribution in [0.5, 0.6) is 5.75 Å². The summed E-state index contributed by atoms with van der Waals surface area (Å²) in [5.41, 5.74) is 0.688. The van der Waals surface area contributed by atoms with Crippen molar-refractivity contribution in [2.24, 2.45) is 5.92 Å². The molecule has 1 rings (SSSR count). The minimum absolute atomic E-state index is 0.192. The van der Waals surface area contributed by atoms with E-state index in [0.717, 1.165) is 5.75 Å². The van der Waals surface area contributed by atoms with Crippen molar-refractivity contribution < 1.29 is 19.1 Å². The van der Waals surface area contributed by atoms with Gasteiger partial charge >= 0.3 is 12.0 Å². The Balaban J connectivity index is 2.64. The number of nitrogens with zero attached hydrogens (tertiary/aromatic N) is 1. The summed E-state index contributed by atoms with van der Waals surface area (Å²) >= 11 is 0. The van der Waals surface area contributed by atoms with Gasteiger partial charge in [-0.2, -0.15) is 0 Å². The highest BCUT2D eigenvalue weighted by Gasteiger charge is 2.17. The largest absolute Gasteiger partial charge is 0.494 e. The average Bonchev–Trinajstić information content (AvgIpc) is 2.53. The molecule has 0 heterocycles. The van der Waals surface area contributed by atoms with E-state index >= 15 is 0 Å². The topological polar surface area (TPSA) is 67.9 Å². The molecule has 1 aromatic rings. The fourth-order valence-corrected chi connectivity index (χ4v) is 2.18. The van der Waals surface area contributed by atoms with Crippen molar-refractivity contribution in [3.05, 3.63) is 24.3 Å². The molecule has 24 heavy (non-hydrogen) atoms. The smallest absolute Gasteiger partial charge is 0.321 e. The molecule has 2 amide bonds. The summed E-state index contributed by atoms with van der Waals surface area (Å²) in [6, 6.07) is 6.98. The van der Waals surface area contributed by atoms with Crippen LogP contribution in [0.1, 0.15) is 34.1 Å². The van der Waals surface area contributed by atoms with Gasteiger partial charge in [-0.05, 0) is 44.0 Å². The van der Waals surface area contributed by atoms with Crippen LogP contribution in [0.2, 0.25) is 0 Å². The lowest BCUT2D eigenvalue weighted by atomic mass is 10.2. The van der Waals surface area contributed by atoms with Crippen molar-refractivity contribution in [1.82, 2.24) is 4.90 Å². The molecule has 0 saturated heterocycles. The number of benzene rings is 1. The van der Waals surface area contributed by atoms with E-state index in [-0.39, 0.29) is 18.4 Å². The van der Waals surface area contributed by atoms with E-state index in [9.17, 15) is 9.59 Å². The maximum Gasteiger partial charge on any atom is 0.321 e. The minimum atomic E-state index is -0.292. The molecular formula is C18H28N2O4. The van der Waals surface area contributed by atoms with E-state index in [1.165, 1.54) is 0 Å². The lowest BCUT2D eigenvalue weighted by molar-refractivity contribution is -0.143. The Morgan fingerprint density at radius 3 is 2.33 bits per heavy atom. The second-order valence-corrected chi connectivity index (χ2v) is 5.78. The molecule has 0 aromatic heterocycles. The van der Waals surface area contributed by atoms with Gasteiger partial charge in [-0.3, -0.25) is 4.79 Å². The number of carbonyl (C=O) groups excluding carboxylic acids is 2. The number of esters is 1. The van der Waals surface area contributed by atoms with E-state index in [2.05, 4.69) is 5.32 Å². The maximum absolute atomic E-state index is 12.5. The minimum Gasteiger partial charge on any atom is -0.494 e. The fraction of sp³-hybridized carbons (Fsp3) is 0.556. The monoisotopic (exact) mass is 336 g/mol. The summed E-state index contributed by atoms with van der Waals surface area (Å²) in [4.78, 5) is 25.6. The van der Waals surface area contributed by atoms with Gasteiger partial charge in [-0.25, -0.2) is 4.79 Å². The van der Waals surface area contributed by atoms with Crippen molar-refractivity contribution in [3.63, 3.8) is 0 Å². The summed E-state index contributed by atoms with van der Waals surface area (Å²) in [6.07, 6.45) is 0.192. The summed E-state index contributed by atoms with van der Waals surface area (Å²) < 4.78 is 10.3. The highest BCUT2D eigenvalue weighted by molar-refractivity contribution is 5.89. The molecule has 0 aliphatic carbocycles. The van der Waals surface area contributed by atoms with Crippen molar-refractivity contribution >= 4 is 17.7 Å². The number of hydrogen-bond acceptors (Lipinski definition) is 4. The first kappa shape index (κ1) is 19.8. The molecule has 0 fully saturated rings. The molecule has 1 aromatic carbocycles. The molecule has 134 valence electrons. The molecule has 0 radical (unpaired) electrons. The van der Waals surface area contributed by atoms with Crippen LogP contribution in [0.25, 0.3) is 0 Å². The van der Waals surface area contributed by atoms with E-state index in [4.69, 9.17) is 9.47 Å². The number of carbonyl (C=O) groups is 2. The van der Waals surface area contributed by atoms with Crippen molar-refractivity contribution in [3.8, 4) is 5.75 Å². The number of ether oxygens (including phenoxy) is 2. The van der Waals surface area contributed by atoms with Crippen molar-refractivity contribution in [1.29, 1.82) is 0 Å². The Labute approximate surface area is 144 Å². The van der Waals surface area contributed by atoms with E-state index in [1.54, 1.807) is 24.0 Å². The lowest BCUT2D eigenvalue weighted by Crippen LogP contribution is -2.39. The lowest BCUT2D eigenvalue weighted by Gasteiger charge is -2.24. The van der Waals surface area contributed by atoms with Crippen LogP contribution >= 0.6 is 0 Å². The highest BCUT2D eigenvalue weighted by Crippen LogP contribution is 2.16. The average molecular weight is 336 g/mol. The number of anilines is 1. The Morgan fingerprint density at radius 2 is 1.79 bits per heavy atom. The summed E-state index contributed by atoms with van der Waals surface area (Å²) in [5, 5.41) is 2.85. The van der Waals surface area contributed by atoms with Crippen molar-refractivity contribution in [2.75, 3.05) is 31.6 Å². The number of nitrogens with one attached hydrogen (secondary N) is 1. The standard InChI is InChI=1S/C18H28N2O4/c1-5-23-16-9-7-15(8-10-16)19-18(22)20(13-14(3)4)12-11-17(21)24-6-2/h7-10,14H,5-6,11-13H2,1-4H3,(H,19,22). The van der Waals surface area contributed by atoms with Crippen LogP contribution in [0, 0.1) is 5.92 Å². The third-order valence-electron chi connectivity index (χ3n) is 3.18. The zero-order chi connectivity index (χ0) is 17.9. The Morgan fingerprint density at radius 1 is 1.12 bits per heavy atom. The molecule has 0 atom stereocenters. The normalized spacial score (nSPS) is 10.4. The van der Waals surface area contributed by atoms with Crippen LogP contribution in [-0.2, 0) is 9.53 Å². The molecular weight excluding hydrogens is 308 g/mol. The Hall–Kier alpha value is -2.24. The number of amides is 2. The van der Waals surface area contributed by atoms with Gasteiger partial charge in [-0.1, -0.05) is 13.8 Å². The Bertz CT molecular complexity index is 514. The van der Waals surface area contributed by atoms with Gasteiger partial charge in [0.15, 0.2) is 0 Å². The molecule has 0 aliphatic rings. The van der Waals surface area contributed by atoms with Crippen LogP contribution in [0.3, 0.4) is 0 Å². The van der Waals surface area contributed by atoms with Gasteiger partial charge in [0.25, 0.3) is 0 Å². The predicted molar refractivity (Wildman–Crippen MR) is 94.3 cm³/mol. The highest BCUT2D eigenvalue weighted by atomic mass is 16.5. The second kappa shape index (κ2) is 10.5. The van der Waals surface area contributed by atoms with Gasteiger partial charge in [0.2, 0.25) is 0 Å². The quantitative estimate of drug-likeness (QED) is 0.701. The molecule has 6 heteroatoms. The van der Waals surface area contributed by atoms with Crippen LogP contribution in [0.4, 0.5) is 10.5 Å².